The van der Waals surface area contributed by atoms with Crippen LogP contribution in [-0.2, 0) is 9.59 Å². The van der Waals surface area contributed by atoms with Gasteiger partial charge >= 0.3 is 0 Å². The number of aryl methyl sites for hydroxylation is 1. The average Bonchev–Trinajstić information content (AvgIpc) is 2.80. The second-order valence-corrected chi connectivity index (χ2v) is 8.26. The van der Waals surface area contributed by atoms with Crippen molar-refractivity contribution in [2.45, 2.75) is 64.8 Å². The van der Waals surface area contributed by atoms with E-state index in [2.05, 4.69) is 0 Å². The van der Waals surface area contributed by atoms with Crippen LogP contribution in [0.1, 0.15) is 63.0 Å². The molecule has 0 unspecified atom stereocenters. The summed E-state index contributed by atoms with van der Waals surface area (Å²) in [7, 11) is 0. The molecule has 2 aliphatic rings. The minimum absolute atomic E-state index is 0.0655. The minimum atomic E-state index is -0.0876. The van der Waals surface area contributed by atoms with Crippen LogP contribution in [0.15, 0.2) is 29.2 Å². The van der Waals surface area contributed by atoms with Gasteiger partial charge in [-0.05, 0) is 31.1 Å². The smallest absolute Gasteiger partial charge is 0.268 e. The summed E-state index contributed by atoms with van der Waals surface area (Å²) < 4.78 is 0. The lowest BCUT2D eigenvalue weighted by Crippen LogP contribution is -2.41. The predicted molar refractivity (Wildman–Crippen MR) is 104 cm³/mol. The molecular weight excluding hydrogens is 330 g/mol. The van der Waals surface area contributed by atoms with E-state index in [1.807, 2.05) is 38.1 Å². The van der Waals surface area contributed by atoms with Crippen LogP contribution in [0.5, 0.6) is 0 Å². The second kappa shape index (κ2) is 8.22. The molecule has 3 nitrogen and oxygen atoms in total. The van der Waals surface area contributed by atoms with Crippen LogP contribution in [0, 0.1) is 6.92 Å². The second-order valence-electron chi connectivity index (χ2n) is 6.98. The number of rotatable bonds is 4. The molecule has 3 rings (SSSR count). The van der Waals surface area contributed by atoms with Crippen molar-refractivity contribution in [1.82, 2.24) is 4.90 Å². The van der Waals surface area contributed by atoms with E-state index in [0.717, 1.165) is 42.6 Å². The molecule has 1 saturated carbocycles. The summed E-state index contributed by atoms with van der Waals surface area (Å²) in [5.41, 5.74) is 2.63. The molecule has 0 radical (unpaired) electrons. The van der Waals surface area contributed by atoms with Gasteiger partial charge in [-0.15, -0.1) is 11.8 Å². The molecule has 0 aromatic heterocycles. The molecule has 0 bridgehead atoms. The predicted octanol–water partition coefficient (Wildman–Crippen LogP) is 4.94. The zero-order chi connectivity index (χ0) is 17.8. The Bertz CT molecular complexity index is 670. The lowest BCUT2D eigenvalue weighted by molar-refractivity contribution is -0.139. The summed E-state index contributed by atoms with van der Waals surface area (Å²) >= 11 is 1.50. The summed E-state index contributed by atoms with van der Waals surface area (Å²) in [4.78, 5) is 28.5. The number of benzene rings is 1. The average molecular weight is 358 g/mol. The third-order valence-electron chi connectivity index (χ3n) is 5.14. The largest absolute Gasteiger partial charge is 0.271 e. The summed E-state index contributed by atoms with van der Waals surface area (Å²) in [6, 6.07) is 8.01. The molecule has 4 heteroatoms. The van der Waals surface area contributed by atoms with Gasteiger partial charge in [-0.2, -0.15) is 0 Å². The molecule has 0 spiro atoms. The van der Waals surface area contributed by atoms with Gasteiger partial charge in [-0.25, -0.2) is 0 Å². The van der Waals surface area contributed by atoms with E-state index in [1.165, 1.54) is 31.0 Å². The molecule has 0 atom stereocenters. The molecular formula is C21H27NO2S. The number of hydrogen-bond acceptors (Lipinski definition) is 3. The molecule has 0 saturated heterocycles. The Hall–Kier alpha value is -1.55. The van der Waals surface area contributed by atoms with Crippen LogP contribution in [-0.4, -0.2) is 28.5 Å². The number of thioether (sulfide) groups is 1. The zero-order valence-electron chi connectivity index (χ0n) is 15.2. The van der Waals surface area contributed by atoms with Gasteiger partial charge in [0.1, 0.15) is 0 Å². The maximum absolute atomic E-state index is 13.2. The SMILES string of the molecule is CCSC1=C(c2ccc(C)cc2)C(=O)N(C2CCCCCCC2)C1=O. The highest BCUT2D eigenvalue weighted by atomic mass is 32.2. The zero-order valence-corrected chi connectivity index (χ0v) is 16.0. The van der Waals surface area contributed by atoms with Gasteiger partial charge in [0.05, 0.1) is 10.5 Å². The maximum Gasteiger partial charge on any atom is 0.268 e. The lowest BCUT2D eigenvalue weighted by atomic mass is 9.95. The number of carbonyl (C=O) groups excluding carboxylic acids is 2. The van der Waals surface area contributed by atoms with Gasteiger partial charge < -0.3 is 0 Å². The van der Waals surface area contributed by atoms with E-state index >= 15 is 0 Å². The molecule has 1 aliphatic carbocycles. The molecule has 1 aromatic carbocycles. The van der Waals surface area contributed by atoms with Gasteiger partial charge in [-0.3, -0.25) is 14.5 Å². The molecule has 2 amide bonds. The van der Waals surface area contributed by atoms with Crippen LogP contribution in [0.25, 0.3) is 5.57 Å². The van der Waals surface area contributed by atoms with Gasteiger partial charge in [0, 0.05) is 6.04 Å². The van der Waals surface area contributed by atoms with Crippen molar-refractivity contribution in [2.24, 2.45) is 0 Å². The Morgan fingerprint density at radius 2 is 1.56 bits per heavy atom. The molecule has 1 aliphatic heterocycles. The number of hydrogen-bond donors (Lipinski definition) is 0. The Kier molecular flexibility index (Phi) is 6.00. The van der Waals surface area contributed by atoms with Gasteiger partial charge in [0.15, 0.2) is 0 Å². The summed E-state index contributed by atoms with van der Waals surface area (Å²) in [5.74, 6) is 0.635. The number of carbonyl (C=O) groups is 2. The quantitative estimate of drug-likeness (QED) is 0.716. The summed E-state index contributed by atoms with van der Waals surface area (Å²) in [5, 5.41) is 0. The van der Waals surface area contributed by atoms with Crippen molar-refractivity contribution in [3.8, 4) is 0 Å². The molecule has 1 heterocycles. The Labute approximate surface area is 154 Å². The Balaban J connectivity index is 1.93. The van der Waals surface area contributed by atoms with Crippen molar-refractivity contribution >= 4 is 29.1 Å². The molecule has 1 fully saturated rings. The topological polar surface area (TPSA) is 37.4 Å². The third kappa shape index (κ3) is 3.84. The van der Waals surface area contributed by atoms with Crippen molar-refractivity contribution in [3.05, 3.63) is 40.3 Å². The van der Waals surface area contributed by atoms with Crippen molar-refractivity contribution < 1.29 is 9.59 Å². The Morgan fingerprint density at radius 1 is 0.960 bits per heavy atom. The van der Waals surface area contributed by atoms with Gasteiger partial charge in [0.2, 0.25) is 0 Å². The highest BCUT2D eigenvalue weighted by molar-refractivity contribution is 8.04. The van der Waals surface area contributed by atoms with Gasteiger partial charge in [0.25, 0.3) is 11.8 Å². The van der Waals surface area contributed by atoms with Crippen molar-refractivity contribution in [1.29, 1.82) is 0 Å². The van der Waals surface area contributed by atoms with Crippen LogP contribution >= 0.6 is 11.8 Å². The fourth-order valence-corrected chi connectivity index (χ4v) is 4.66. The van der Waals surface area contributed by atoms with Crippen molar-refractivity contribution in [3.63, 3.8) is 0 Å². The summed E-state index contributed by atoms with van der Waals surface area (Å²) in [6.07, 6.45) is 7.81. The number of nitrogens with zero attached hydrogens (tertiary/aromatic N) is 1. The van der Waals surface area contributed by atoms with Gasteiger partial charge in [-0.1, -0.05) is 68.9 Å². The van der Waals surface area contributed by atoms with Crippen LogP contribution < -0.4 is 0 Å². The fourth-order valence-electron chi connectivity index (χ4n) is 3.80. The first kappa shape index (κ1) is 18.2. The van der Waals surface area contributed by atoms with E-state index in [1.54, 1.807) is 4.90 Å². The van der Waals surface area contributed by atoms with E-state index < -0.39 is 0 Å². The number of amides is 2. The van der Waals surface area contributed by atoms with Crippen molar-refractivity contribution in [2.75, 3.05) is 5.75 Å². The van der Waals surface area contributed by atoms with E-state index in [-0.39, 0.29) is 17.9 Å². The monoisotopic (exact) mass is 357 g/mol. The lowest BCUT2D eigenvalue weighted by Gasteiger charge is -2.28. The normalized spacial score (nSPS) is 20.2. The van der Waals surface area contributed by atoms with Crippen LogP contribution in [0.3, 0.4) is 0 Å². The van der Waals surface area contributed by atoms with E-state index in [0.29, 0.717) is 10.5 Å². The number of imide groups is 1. The molecule has 134 valence electrons. The Morgan fingerprint density at radius 3 is 2.16 bits per heavy atom. The first-order valence-corrected chi connectivity index (χ1v) is 10.4. The van der Waals surface area contributed by atoms with E-state index in [9.17, 15) is 9.59 Å². The van der Waals surface area contributed by atoms with E-state index in [4.69, 9.17) is 0 Å². The standard InChI is InChI=1S/C21H27NO2S/c1-3-25-19-18(16-13-11-15(2)12-14-16)20(23)22(21(19)24)17-9-7-5-4-6-8-10-17/h11-14,17H,3-10H2,1-2H3. The third-order valence-corrected chi connectivity index (χ3v) is 6.10. The highest BCUT2D eigenvalue weighted by Crippen LogP contribution is 2.38. The molecule has 25 heavy (non-hydrogen) atoms. The minimum Gasteiger partial charge on any atom is -0.271 e. The first-order valence-electron chi connectivity index (χ1n) is 9.45. The highest BCUT2D eigenvalue weighted by Gasteiger charge is 2.42. The molecule has 0 N–H and O–H groups in total. The maximum atomic E-state index is 13.2. The first-order chi connectivity index (χ1) is 12.1. The molecule has 1 aromatic rings. The summed E-state index contributed by atoms with van der Waals surface area (Å²) in [6.45, 7) is 4.06. The van der Waals surface area contributed by atoms with Crippen LogP contribution in [0.2, 0.25) is 0 Å². The van der Waals surface area contributed by atoms with Crippen LogP contribution in [0.4, 0.5) is 0 Å². The fraction of sp³-hybridized carbons (Fsp3) is 0.524.